The summed E-state index contributed by atoms with van der Waals surface area (Å²) >= 11 is 5.81. The molecule has 0 atom stereocenters. The van der Waals surface area contributed by atoms with Crippen molar-refractivity contribution < 1.29 is 4.79 Å². The molecule has 19 heavy (non-hydrogen) atoms. The Morgan fingerprint density at radius 2 is 1.68 bits per heavy atom. The maximum atomic E-state index is 11.8. The van der Waals surface area contributed by atoms with Crippen LogP contribution in [0, 0.1) is 6.92 Å². The lowest BCUT2D eigenvalue weighted by Gasteiger charge is -2.06. The molecule has 0 heterocycles. The largest absolute Gasteiger partial charge is 0.352 e. The molecule has 2 rings (SSSR count). The molecule has 1 radical (unpaired) electrons. The second-order valence-corrected chi connectivity index (χ2v) is 4.77. The van der Waals surface area contributed by atoms with Gasteiger partial charge >= 0.3 is 0 Å². The van der Waals surface area contributed by atoms with Crippen LogP contribution in [0.25, 0.3) is 0 Å². The van der Waals surface area contributed by atoms with E-state index < -0.39 is 0 Å². The van der Waals surface area contributed by atoms with E-state index in [2.05, 4.69) is 12.2 Å². The molecule has 0 aliphatic carbocycles. The van der Waals surface area contributed by atoms with E-state index in [-0.39, 0.29) is 5.91 Å². The third kappa shape index (κ3) is 4.11. The molecule has 97 valence electrons. The second-order valence-electron chi connectivity index (χ2n) is 4.33. The Kier molecular flexibility index (Phi) is 4.58. The van der Waals surface area contributed by atoms with Crippen LogP contribution < -0.4 is 5.32 Å². The monoisotopic (exact) mass is 272 g/mol. The van der Waals surface area contributed by atoms with Gasteiger partial charge in [0.05, 0.1) is 0 Å². The Morgan fingerprint density at radius 1 is 1.05 bits per heavy atom. The summed E-state index contributed by atoms with van der Waals surface area (Å²) in [6.07, 6.45) is 0.788. The van der Waals surface area contributed by atoms with E-state index in [1.54, 1.807) is 12.1 Å². The van der Waals surface area contributed by atoms with Gasteiger partial charge in [0.15, 0.2) is 0 Å². The van der Waals surface area contributed by atoms with Crippen molar-refractivity contribution in [3.05, 3.63) is 77.2 Å². The number of nitrogens with one attached hydrogen (secondary N) is 1. The van der Waals surface area contributed by atoms with Crippen molar-refractivity contribution in [3.63, 3.8) is 0 Å². The van der Waals surface area contributed by atoms with Crippen molar-refractivity contribution in [2.75, 3.05) is 6.54 Å². The summed E-state index contributed by atoms with van der Waals surface area (Å²) in [5.41, 5.74) is 2.71. The summed E-state index contributed by atoms with van der Waals surface area (Å²) in [5, 5.41) is 3.61. The minimum Gasteiger partial charge on any atom is -0.352 e. The third-order valence-corrected chi connectivity index (χ3v) is 3.08. The molecule has 0 aliphatic rings. The van der Waals surface area contributed by atoms with Crippen LogP contribution in [0.4, 0.5) is 0 Å². The molecule has 0 unspecified atom stereocenters. The summed E-state index contributed by atoms with van der Waals surface area (Å²) in [6, 6.07) is 14.8. The summed E-state index contributed by atoms with van der Waals surface area (Å²) in [6.45, 7) is 4.39. The molecule has 2 aromatic rings. The molecule has 0 aromatic heterocycles. The van der Waals surface area contributed by atoms with Crippen LogP contribution in [0.3, 0.4) is 0 Å². The molecule has 0 spiro atoms. The van der Waals surface area contributed by atoms with Crippen LogP contribution >= 0.6 is 11.6 Å². The topological polar surface area (TPSA) is 29.1 Å². The lowest BCUT2D eigenvalue weighted by Crippen LogP contribution is -2.25. The molecule has 2 nitrogen and oxygen atoms in total. The maximum absolute atomic E-state index is 11.8. The first-order chi connectivity index (χ1) is 9.15. The quantitative estimate of drug-likeness (QED) is 0.907. The molecular formula is C16H15ClNO. The standard InChI is InChI=1S/C16H15ClNO/c1-12-2-6-14(7-3-12)16(19)18-11-10-13-4-8-15(17)9-5-13/h2-9H,1,10-11H2,(H,18,19). The first-order valence-electron chi connectivity index (χ1n) is 6.10. The van der Waals surface area contributed by atoms with Crippen LogP contribution in [0.2, 0.25) is 5.02 Å². The van der Waals surface area contributed by atoms with E-state index in [9.17, 15) is 4.79 Å². The Hall–Kier alpha value is -1.80. The van der Waals surface area contributed by atoms with Crippen LogP contribution in [0.1, 0.15) is 21.5 Å². The number of amides is 1. The highest BCUT2D eigenvalue weighted by Crippen LogP contribution is 2.09. The molecular weight excluding hydrogens is 258 g/mol. The van der Waals surface area contributed by atoms with Crippen molar-refractivity contribution in [1.29, 1.82) is 0 Å². The number of carbonyl (C=O) groups excluding carboxylic acids is 1. The zero-order valence-electron chi connectivity index (χ0n) is 10.5. The molecule has 0 fully saturated rings. The average molecular weight is 273 g/mol. The van der Waals surface area contributed by atoms with E-state index in [0.29, 0.717) is 12.1 Å². The summed E-state index contributed by atoms with van der Waals surface area (Å²) in [4.78, 5) is 11.8. The molecule has 0 saturated carbocycles. The van der Waals surface area contributed by atoms with Crippen molar-refractivity contribution in [2.45, 2.75) is 6.42 Å². The van der Waals surface area contributed by atoms with Gasteiger partial charge in [-0.1, -0.05) is 35.9 Å². The van der Waals surface area contributed by atoms with Gasteiger partial charge in [0.25, 0.3) is 5.91 Å². The van der Waals surface area contributed by atoms with E-state index in [4.69, 9.17) is 11.6 Å². The zero-order valence-corrected chi connectivity index (χ0v) is 11.3. The Labute approximate surface area is 118 Å². The van der Waals surface area contributed by atoms with Crippen LogP contribution in [0.15, 0.2) is 48.5 Å². The number of benzene rings is 2. The zero-order chi connectivity index (χ0) is 13.7. The first kappa shape index (κ1) is 13.6. The predicted molar refractivity (Wildman–Crippen MR) is 78.4 cm³/mol. The molecule has 0 saturated heterocycles. The molecule has 1 N–H and O–H groups in total. The van der Waals surface area contributed by atoms with Gasteiger partial charge < -0.3 is 5.32 Å². The summed E-state index contributed by atoms with van der Waals surface area (Å²) in [5.74, 6) is -0.0611. The van der Waals surface area contributed by atoms with Gasteiger partial charge in [-0.05, 0) is 48.7 Å². The molecule has 0 aliphatic heterocycles. The average Bonchev–Trinajstić information content (AvgIpc) is 2.41. The third-order valence-electron chi connectivity index (χ3n) is 2.83. The Morgan fingerprint density at radius 3 is 2.32 bits per heavy atom. The fraction of sp³-hybridized carbons (Fsp3) is 0.125. The van der Waals surface area contributed by atoms with E-state index in [1.165, 1.54) is 0 Å². The van der Waals surface area contributed by atoms with Crippen molar-refractivity contribution >= 4 is 17.5 Å². The van der Waals surface area contributed by atoms with Gasteiger partial charge in [0, 0.05) is 17.1 Å². The Balaban J connectivity index is 1.84. The molecule has 2 aromatic carbocycles. The van der Waals surface area contributed by atoms with Crippen LogP contribution in [-0.2, 0) is 6.42 Å². The second kappa shape index (κ2) is 6.39. The lowest BCUT2D eigenvalue weighted by atomic mass is 10.1. The highest BCUT2D eigenvalue weighted by molar-refractivity contribution is 6.30. The van der Waals surface area contributed by atoms with Crippen molar-refractivity contribution in [3.8, 4) is 0 Å². The number of carbonyl (C=O) groups is 1. The lowest BCUT2D eigenvalue weighted by molar-refractivity contribution is 0.0954. The van der Waals surface area contributed by atoms with Gasteiger partial charge in [0.1, 0.15) is 0 Å². The molecule has 1 amide bonds. The maximum Gasteiger partial charge on any atom is 0.251 e. The van der Waals surface area contributed by atoms with Crippen molar-refractivity contribution in [1.82, 2.24) is 5.32 Å². The number of halogens is 1. The van der Waals surface area contributed by atoms with Gasteiger partial charge in [-0.2, -0.15) is 0 Å². The first-order valence-corrected chi connectivity index (χ1v) is 6.47. The van der Waals surface area contributed by atoms with Gasteiger partial charge in [-0.15, -0.1) is 0 Å². The summed E-state index contributed by atoms with van der Waals surface area (Å²) in [7, 11) is 0. The predicted octanol–water partition coefficient (Wildman–Crippen LogP) is 3.49. The molecule has 0 bridgehead atoms. The fourth-order valence-electron chi connectivity index (χ4n) is 1.73. The van der Waals surface area contributed by atoms with E-state index >= 15 is 0 Å². The van der Waals surface area contributed by atoms with Gasteiger partial charge in [-0.25, -0.2) is 0 Å². The smallest absolute Gasteiger partial charge is 0.251 e. The number of hydrogen-bond acceptors (Lipinski definition) is 1. The van der Waals surface area contributed by atoms with Crippen LogP contribution in [-0.4, -0.2) is 12.5 Å². The van der Waals surface area contributed by atoms with Crippen molar-refractivity contribution in [2.24, 2.45) is 0 Å². The van der Waals surface area contributed by atoms with Gasteiger partial charge in [-0.3, -0.25) is 4.79 Å². The Bertz CT molecular complexity index is 546. The van der Waals surface area contributed by atoms with E-state index in [0.717, 1.165) is 22.6 Å². The fourth-order valence-corrected chi connectivity index (χ4v) is 1.86. The minimum absolute atomic E-state index is 0.0611. The SMILES string of the molecule is [CH2]c1ccc(C(=O)NCCc2ccc(Cl)cc2)cc1. The molecule has 3 heteroatoms. The minimum atomic E-state index is -0.0611. The normalized spacial score (nSPS) is 10.2. The highest BCUT2D eigenvalue weighted by Gasteiger charge is 2.03. The summed E-state index contributed by atoms with van der Waals surface area (Å²) < 4.78 is 0. The van der Waals surface area contributed by atoms with Crippen LogP contribution in [0.5, 0.6) is 0 Å². The highest BCUT2D eigenvalue weighted by atomic mass is 35.5. The number of hydrogen-bond donors (Lipinski definition) is 1. The van der Waals surface area contributed by atoms with E-state index in [1.807, 2.05) is 36.4 Å². The van der Waals surface area contributed by atoms with Gasteiger partial charge in [0.2, 0.25) is 0 Å². The number of rotatable bonds is 4.